The minimum Gasteiger partial charge on any atom is -0.500 e. The van der Waals surface area contributed by atoms with Gasteiger partial charge in [0, 0.05) is 17.8 Å². The van der Waals surface area contributed by atoms with Gasteiger partial charge in [0.15, 0.2) is 6.21 Å². The highest BCUT2D eigenvalue weighted by Gasteiger charge is 2.21. The summed E-state index contributed by atoms with van der Waals surface area (Å²) in [6, 6.07) is 3.46. The maximum Gasteiger partial charge on any atom is 0.337 e. The van der Waals surface area contributed by atoms with Crippen LogP contribution in [0.3, 0.4) is 0 Å². The smallest absolute Gasteiger partial charge is 0.337 e. The monoisotopic (exact) mass is 518 g/mol. The molecule has 7 heteroatoms. The molecule has 0 bridgehead atoms. The summed E-state index contributed by atoms with van der Waals surface area (Å²) < 4.78 is 12.3. The minimum absolute atomic E-state index is 0.0255. The summed E-state index contributed by atoms with van der Waals surface area (Å²) in [5.41, 5.74) is 3.62. The Morgan fingerprint density at radius 3 is 2.00 bits per heavy atom. The quantitative estimate of drug-likeness (QED) is 0.346. The standard InChI is InChI=1S/C15H19N2O3.C6H11NO.C5H10.2C2H6/c1-10-7-11(15(18)20-4)8-13(16-10)12-9-17(2)6-5-14(12)19-3;1-4-6(8)7-5(2)3;1-2-4-5-3-1;2*1-2/h7-9H,5-6H2,1-4H3;2,4H2,1,3H3,(H,7,8);1-5H2;2*1-2H3/q+1;;;;. The van der Waals surface area contributed by atoms with Gasteiger partial charge >= 0.3 is 5.97 Å². The Balaban J connectivity index is 0. The molecule has 1 aliphatic heterocycles. The highest BCUT2D eigenvalue weighted by Crippen LogP contribution is 2.23. The van der Waals surface area contributed by atoms with Crippen molar-refractivity contribution in [3.63, 3.8) is 0 Å². The number of carbonyl (C=O) groups excluding carboxylic acids is 2. The summed E-state index contributed by atoms with van der Waals surface area (Å²) in [6.45, 7) is 17.8. The summed E-state index contributed by atoms with van der Waals surface area (Å²) >= 11 is 0. The highest BCUT2D eigenvalue weighted by atomic mass is 16.5. The Hall–Kier alpha value is -2.96. The number of nitrogens with zero attached hydrogens (tertiary/aromatic N) is 2. The average molecular weight is 519 g/mol. The molecule has 3 rings (SSSR count). The van der Waals surface area contributed by atoms with E-state index in [1.165, 1.54) is 39.2 Å². The molecule has 0 atom stereocenters. The largest absolute Gasteiger partial charge is 0.500 e. The molecular weight excluding hydrogens is 466 g/mol. The van der Waals surface area contributed by atoms with E-state index >= 15 is 0 Å². The van der Waals surface area contributed by atoms with Gasteiger partial charge < -0.3 is 14.8 Å². The summed E-state index contributed by atoms with van der Waals surface area (Å²) in [5, 5.41) is 2.56. The van der Waals surface area contributed by atoms with Gasteiger partial charge in [-0.05, 0) is 26.0 Å². The Kier molecular flexibility index (Phi) is 21.8. The fraction of sp³-hybridized carbons (Fsp3) is 0.600. The van der Waals surface area contributed by atoms with Gasteiger partial charge in [0.05, 0.1) is 31.9 Å². The van der Waals surface area contributed by atoms with Crippen molar-refractivity contribution in [1.29, 1.82) is 0 Å². The molecule has 7 nitrogen and oxygen atoms in total. The zero-order chi connectivity index (χ0) is 28.8. The van der Waals surface area contributed by atoms with E-state index in [4.69, 9.17) is 9.47 Å². The third kappa shape index (κ3) is 15.7. The molecule has 0 aromatic carbocycles. The lowest BCUT2D eigenvalue weighted by Crippen LogP contribution is -2.18. The molecular formula is C30H52N3O4+. The topological polar surface area (TPSA) is 80.5 Å². The Morgan fingerprint density at radius 2 is 1.59 bits per heavy atom. The van der Waals surface area contributed by atoms with Crippen LogP contribution < -0.4 is 5.32 Å². The number of esters is 1. The van der Waals surface area contributed by atoms with Crippen LogP contribution in [0.25, 0.3) is 5.57 Å². The molecule has 37 heavy (non-hydrogen) atoms. The molecule has 2 heterocycles. The lowest BCUT2D eigenvalue weighted by molar-refractivity contribution is -0.492. The first-order valence-electron chi connectivity index (χ1n) is 13.6. The number of amides is 1. The molecule has 0 spiro atoms. The second kappa shape index (κ2) is 22.3. The molecule has 1 aromatic rings. The van der Waals surface area contributed by atoms with Gasteiger partial charge in [0.1, 0.15) is 24.9 Å². The van der Waals surface area contributed by atoms with E-state index < -0.39 is 0 Å². The molecule has 0 saturated heterocycles. The van der Waals surface area contributed by atoms with Crippen molar-refractivity contribution >= 4 is 23.7 Å². The molecule has 1 aliphatic carbocycles. The third-order valence-electron chi connectivity index (χ3n) is 5.16. The molecule has 1 amide bonds. The normalized spacial score (nSPS) is 13.4. The van der Waals surface area contributed by atoms with Gasteiger partial charge in [0.25, 0.3) is 0 Å². The SMILES string of the molecule is C1CCCC1.C=C(C)NC(=O)CC.CC.CC.COC(=O)c1cc(C)nc(C2=C(OC)CC[N+](C)=C2)c1. The van der Waals surface area contributed by atoms with Crippen LogP contribution in [0.2, 0.25) is 0 Å². The van der Waals surface area contributed by atoms with Crippen molar-refractivity contribution in [3.05, 3.63) is 47.1 Å². The lowest BCUT2D eigenvalue weighted by Gasteiger charge is -2.14. The molecule has 210 valence electrons. The summed E-state index contributed by atoms with van der Waals surface area (Å²) in [5.74, 6) is 0.551. The van der Waals surface area contributed by atoms with Gasteiger partial charge in [-0.15, -0.1) is 0 Å². The van der Waals surface area contributed by atoms with E-state index in [2.05, 4.69) is 21.5 Å². The number of nitrogens with one attached hydrogen (secondary N) is 1. The minimum atomic E-state index is -0.361. The summed E-state index contributed by atoms with van der Waals surface area (Å²) in [6.07, 6.45) is 10.8. The lowest BCUT2D eigenvalue weighted by atomic mass is 10.0. The average Bonchev–Trinajstić information content (AvgIpc) is 3.50. The molecule has 2 aliphatic rings. The van der Waals surface area contributed by atoms with Gasteiger partial charge in [-0.2, -0.15) is 0 Å². The van der Waals surface area contributed by atoms with Gasteiger partial charge in [0.2, 0.25) is 5.91 Å². The van der Waals surface area contributed by atoms with Gasteiger partial charge in [-0.3, -0.25) is 9.78 Å². The van der Waals surface area contributed by atoms with Crippen LogP contribution in [-0.4, -0.2) is 55.5 Å². The van der Waals surface area contributed by atoms with Crippen molar-refractivity contribution in [2.45, 2.75) is 93.4 Å². The number of aryl methyl sites for hydroxylation is 1. The second-order valence-electron chi connectivity index (χ2n) is 8.22. The maximum atomic E-state index is 11.7. The Labute approximate surface area is 226 Å². The molecule has 1 N–H and O–H groups in total. The number of aromatic nitrogens is 1. The van der Waals surface area contributed by atoms with Crippen LogP contribution in [-0.2, 0) is 14.3 Å². The summed E-state index contributed by atoms with van der Waals surface area (Å²) in [7, 11) is 5.03. The zero-order valence-electron chi connectivity index (χ0n) is 25.1. The fourth-order valence-electron chi connectivity index (χ4n) is 3.44. The van der Waals surface area contributed by atoms with E-state index in [9.17, 15) is 9.59 Å². The number of carbonyl (C=O) groups is 2. The van der Waals surface area contributed by atoms with Gasteiger partial charge in [-0.25, -0.2) is 9.37 Å². The molecule has 0 unspecified atom stereocenters. The van der Waals surface area contributed by atoms with Crippen LogP contribution in [0.5, 0.6) is 0 Å². The Bertz CT molecular complexity index is 877. The number of rotatable bonds is 5. The predicted molar refractivity (Wildman–Crippen MR) is 155 cm³/mol. The van der Waals surface area contributed by atoms with E-state index in [0.717, 1.165) is 35.7 Å². The van der Waals surface area contributed by atoms with Crippen molar-refractivity contribution in [1.82, 2.24) is 10.3 Å². The maximum absolute atomic E-state index is 11.7. The first-order valence-corrected chi connectivity index (χ1v) is 13.6. The van der Waals surface area contributed by atoms with Crippen molar-refractivity contribution < 1.29 is 23.6 Å². The van der Waals surface area contributed by atoms with Crippen molar-refractivity contribution in [2.75, 3.05) is 27.8 Å². The highest BCUT2D eigenvalue weighted by molar-refractivity contribution is 6.08. The number of pyridine rings is 1. The van der Waals surface area contributed by atoms with E-state index in [1.54, 1.807) is 33.1 Å². The van der Waals surface area contributed by atoms with Gasteiger partial charge in [-0.1, -0.05) is 73.3 Å². The predicted octanol–water partition coefficient (Wildman–Crippen LogP) is 6.70. The number of ether oxygens (including phenoxy) is 2. The third-order valence-corrected chi connectivity index (χ3v) is 5.16. The molecule has 1 fully saturated rings. The van der Waals surface area contributed by atoms with Crippen LogP contribution in [0.15, 0.2) is 30.2 Å². The number of methoxy groups -OCH3 is 2. The van der Waals surface area contributed by atoms with Crippen LogP contribution in [0.1, 0.15) is 108 Å². The second-order valence-corrected chi connectivity index (χ2v) is 8.22. The van der Waals surface area contributed by atoms with E-state index in [1.807, 2.05) is 47.9 Å². The first kappa shape index (κ1) is 36.2. The number of hydrogen-bond acceptors (Lipinski definition) is 5. The van der Waals surface area contributed by atoms with E-state index in [-0.39, 0.29) is 11.9 Å². The number of hydrogen-bond donors (Lipinski definition) is 1. The van der Waals surface area contributed by atoms with Crippen molar-refractivity contribution in [2.24, 2.45) is 0 Å². The van der Waals surface area contributed by atoms with E-state index in [0.29, 0.717) is 17.7 Å². The fourth-order valence-corrected chi connectivity index (χ4v) is 3.44. The molecule has 1 saturated carbocycles. The molecule has 1 aromatic heterocycles. The number of allylic oxidation sites excluding steroid dienone is 2. The van der Waals surface area contributed by atoms with Crippen LogP contribution in [0, 0.1) is 6.92 Å². The zero-order valence-corrected chi connectivity index (χ0v) is 25.1. The van der Waals surface area contributed by atoms with Crippen LogP contribution in [0.4, 0.5) is 0 Å². The Morgan fingerprint density at radius 1 is 1.05 bits per heavy atom. The van der Waals surface area contributed by atoms with Crippen LogP contribution >= 0.6 is 0 Å². The first-order chi connectivity index (χ1) is 17.7. The van der Waals surface area contributed by atoms with Crippen molar-refractivity contribution in [3.8, 4) is 0 Å². The summed E-state index contributed by atoms with van der Waals surface area (Å²) in [4.78, 5) is 26.7. The molecule has 0 radical (unpaired) electrons.